The number of hydrogen-bond donors (Lipinski definition) is 1. The molecule has 4 rings (SSSR count). The van der Waals surface area contributed by atoms with Crippen LogP contribution in [-0.2, 0) is 14.3 Å². The fraction of sp³-hybridized carbons (Fsp3) is 0.933. The highest BCUT2D eigenvalue weighted by atomic mass is 35.5. The summed E-state index contributed by atoms with van der Waals surface area (Å²) >= 11 is 0. The average molecular weight is 317 g/mol. The van der Waals surface area contributed by atoms with E-state index < -0.39 is 0 Å². The molecule has 4 saturated heterocycles. The van der Waals surface area contributed by atoms with E-state index in [2.05, 4.69) is 5.32 Å². The Morgan fingerprint density at radius 3 is 2.57 bits per heavy atom. The number of amides is 1. The highest BCUT2D eigenvalue weighted by molar-refractivity contribution is 5.85. The lowest BCUT2D eigenvalue weighted by atomic mass is 9.85. The van der Waals surface area contributed by atoms with E-state index >= 15 is 0 Å². The summed E-state index contributed by atoms with van der Waals surface area (Å²) in [5.41, 5.74) is -0.0789. The number of piperidine rings is 1. The van der Waals surface area contributed by atoms with Crippen LogP contribution in [0.15, 0.2) is 0 Å². The van der Waals surface area contributed by atoms with Gasteiger partial charge in [0.15, 0.2) is 0 Å². The van der Waals surface area contributed by atoms with Crippen LogP contribution in [0.3, 0.4) is 0 Å². The van der Waals surface area contributed by atoms with Crippen LogP contribution in [-0.4, -0.2) is 61.4 Å². The Kier molecular flexibility index (Phi) is 4.46. The van der Waals surface area contributed by atoms with Gasteiger partial charge in [-0.2, -0.15) is 0 Å². The molecule has 0 aliphatic carbocycles. The molecule has 0 aromatic carbocycles. The van der Waals surface area contributed by atoms with Gasteiger partial charge in [-0.15, -0.1) is 12.4 Å². The molecule has 21 heavy (non-hydrogen) atoms. The first-order valence-corrected chi connectivity index (χ1v) is 8.01. The predicted molar refractivity (Wildman–Crippen MR) is 80.6 cm³/mol. The van der Waals surface area contributed by atoms with E-state index in [0.29, 0.717) is 25.3 Å². The summed E-state index contributed by atoms with van der Waals surface area (Å²) in [6.45, 7) is 3.57. The fourth-order valence-corrected chi connectivity index (χ4v) is 4.47. The third-order valence-electron chi connectivity index (χ3n) is 5.41. The first-order chi connectivity index (χ1) is 9.74. The van der Waals surface area contributed by atoms with E-state index in [0.717, 1.165) is 39.0 Å². The van der Waals surface area contributed by atoms with Gasteiger partial charge in [-0.1, -0.05) is 0 Å². The summed E-state index contributed by atoms with van der Waals surface area (Å²) in [6.07, 6.45) is 5.54. The molecular formula is C15H25ClN2O3. The van der Waals surface area contributed by atoms with Crippen LogP contribution in [0.25, 0.3) is 0 Å². The second-order valence-electron chi connectivity index (χ2n) is 6.90. The third-order valence-corrected chi connectivity index (χ3v) is 5.41. The van der Waals surface area contributed by atoms with Gasteiger partial charge in [0.25, 0.3) is 0 Å². The van der Waals surface area contributed by atoms with E-state index in [4.69, 9.17) is 9.47 Å². The lowest BCUT2D eigenvalue weighted by Crippen LogP contribution is -2.60. The minimum Gasteiger partial charge on any atom is -0.381 e. The van der Waals surface area contributed by atoms with Crippen molar-refractivity contribution < 1.29 is 14.3 Å². The van der Waals surface area contributed by atoms with Crippen molar-refractivity contribution in [3.63, 3.8) is 0 Å². The van der Waals surface area contributed by atoms with Crippen molar-refractivity contribution in [2.45, 2.75) is 49.8 Å². The molecule has 0 aromatic rings. The van der Waals surface area contributed by atoms with Crippen molar-refractivity contribution in [2.75, 3.05) is 32.9 Å². The lowest BCUT2D eigenvalue weighted by Gasteiger charge is -2.47. The standard InChI is InChI=1S/C15H24N2O3.ClH/c18-14(11-3-5-19-9-11)17-4-6-20-15(10-17)7-12-1-2-13(8-15)16-12;/h11-13,16H,1-10H2;1H/t11?,12-,13+,15?;. The van der Waals surface area contributed by atoms with Crippen LogP contribution in [0.2, 0.25) is 0 Å². The van der Waals surface area contributed by atoms with Crippen molar-refractivity contribution in [3.05, 3.63) is 0 Å². The average Bonchev–Trinajstić information content (AvgIpc) is 3.08. The molecule has 0 aromatic heterocycles. The molecule has 2 unspecified atom stereocenters. The molecule has 4 aliphatic rings. The molecular weight excluding hydrogens is 292 g/mol. The molecule has 0 radical (unpaired) electrons. The number of nitrogens with zero attached hydrogens (tertiary/aromatic N) is 1. The van der Waals surface area contributed by atoms with Crippen LogP contribution in [0, 0.1) is 5.92 Å². The first kappa shape index (κ1) is 15.5. The van der Waals surface area contributed by atoms with Crippen molar-refractivity contribution >= 4 is 18.3 Å². The molecule has 4 aliphatic heterocycles. The number of halogens is 1. The van der Waals surface area contributed by atoms with Gasteiger partial charge in [0.2, 0.25) is 5.91 Å². The molecule has 6 heteroatoms. The number of morpholine rings is 1. The number of carbonyl (C=O) groups is 1. The number of ether oxygens (including phenoxy) is 2. The zero-order valence-electron chi connectivity index (χ0n) is 12.4. The van der Waals surface area contributed by atoms with E-state index in [-0.39, 0.29) is 29.8 Å². The Balaban J connectivity index is 0.00000132. The minimum absolute atomic E-state index is 0. The molecule has 5 nitrogen and oxygen atoms in total. The molecule has 120 valence electrons. The lowest BCUT2D eigenvalue weighted by molar-refractivity contribution is -0.161. The van der Waals surface area contributed by atoms with Gasteiger partial charge >= 0.3 is 0 Å². The zero-order chi connectivity index (χ0) is 13.6. The Hall–Kier alpha value is -0.360. The molecule has 1 spiro atoms. The Morgan fingerprint density at radius 1 is 1.14 bits per heavy atom. The third kappa shape index (κ3) is 2.93. The molecule has 4 fully saturated rings. The maximum Gasteiger partial charge on any atom is 0.228 e. The quantitative estimate of drug-likeness (QED) is 0.783. The van der Waals surface area contributed by atoms with Gasteiger partial charge in [0.1, 0.15) is 0 Å². The van der Waals surface area contributed by atoms with Crippen LogP contribution in [0.1, 0.15) is 32.1 Å². The number of nitrogens with one attached hydrogen (secondary N) is 1. The maximum atomic E-state index is 12.6. The second-order valence-corrected chi connectivity index (χ2v) is 6.90. The zero-order valence-corrected chi connectivity index (χ0v) is 13.2. The molecule has 1 N–H and O–H groups in total. The van der Waals surface area contributed by atoms with Crippen molar-refractivity contribution in [2.24, 2.45) is 5.92 Å². The highest BCUT2D eigenvalue weighted by Gasteiger charge is 2.48. The Morgan fingerprint density at radius 2 is 1.90 bits per heavy atom. The van der Waals surface area contributed by atoms with Gasteiger partial charge in [0, 0.05) is 31.8 Å². The van der Waals surface area contributed by atoms with E-state index in [1.807, 2.05) is 4.90 Å². The normalized spacial score (nSPS) is 42.1. The molecule has 1 amide bonds. The van der Waals surface area contributed by atoms with Crippen LogP contribution >= 0.6 is 12.4 Å². The molecule has 0 saturated carbocycles. The van der Waals surface area contributed by atoms with Crippen LogP contribution < -0.4 is 5.32 Å². The van der Waals surface area contributed by atoms with Gasteiger partial charge in [-0.3, -0.25) is 4.79 Å². The molecule has 4 atom stereocenters. The predicted octanol–water partition coefficient (Wildman–Crippen LogP) is 0.957. The second kappa shape index (κ2) is 6.03. The minimum atomic E-state index is -0.0789. The van der Waals surface area contributed by atoms with E-state index in [1.165, 1.54) is 12.8 Å². The smallest absolute Gasteiger partial charge is 0.228 e. The SMILES string of the molecule is Cl.O=C(C1CCOC1)N1CCOC2(C[C@H]3CC[C@@H](C2)N3)C1. The summed E-state index contributed by atoms with van der Waals surface area (Å²) < 4.78 is 11.5. The summed E-state index contributed by atoms with van der Waals surface area (Å²) in [5.74, 6) is 0.375. The molecule has 4 heterocycles. The number of carbonyl (C=O) groups excluding carboxylic acids is 1. The van der Waals surface area contributed by atoms with Gasteiger partial charge in [0.05, 0.1) is 24.7 Å². The van der Waals surface area contributed by atoms with Gasteiger partial charge in [-0.25, -0.2) is 0 Å². The number of fused-ring (bicyclic) bond motifs is 2. The highest BCUT2D eigenvalue weighted by Crippen LogP contribution is 2.38. The summed E-state index contributed by atoms with van der Waals surface area (Å²) in [4.78, 5) is 14.6. The first-order valence-electron chi connectivity index (χ1n) is 8.01. The topological polar surface area (TPSA) is 50.8 Å². The maximum absolute atomic E-state index is 12.6. The van der Waals surface area contributed by atoms with Crippen molar-refractivity contribution in [1.29, 1.82) is 0 Å². The number of hydrogen-bond acceptors (Lipinski definition) is 4. The number of rotatable bonds is 1. The summed E-state index contributed by atoms with van der Waals surface area (Å²) in [5, 5.41) is 3.66. The van der Waals surface area contributed by atoms with Crippen molar-refractivity contribution in [3.8, 4) is 0 Å². The Labute approximate surface area is 132 Å². The summed E-state index contributed by atoms with van der Waals surface area (Å²) in [6, 6.07) is 1.19. The van der Waals surface area contributed by atoms with Gasteiger partial charge < -0.3 is 19.7 Å². The summed E-state index contributed by atoms with van der Waals surface area (Å²) in [7, 11) is 0. The molecule has 2 bridgehead atoms. The largest absolute Gasteiger partial charge is 0.381 e. The van der Waals surface area contributed by atoms with Crippen molar-refractivity contribution in [1.82, 2.24) is 10.2 Å². The van der Waals surface area contributed by atoms with Crippen LogP contribution in [0.4, 0.5) is 0 Å². The van der Waals surface area contributed by atoms with E-state index in [9.17, 15) is 4.79 Å². The van der Waals surface area contributed by atoms with Gasteiger partial charge in [-0.05, 0) is 32.1 Å². The van der Waals surface area contributed by atoms with Crippen LogP contribution in [0.5, 0.6) is 0 Å². The van der Waals surface area contributed by atoms with E-state index in [1.54, 1.807) is 0 Å². The monoisotopic (exact) mass is 316 g/mol. The fourth-order valence-electron chi connectivity index (χ4n) is 4.47. The Bertz CT molecular complexity index is 388.